The van der Waals surface area contributed by atoms with Gasteiger partial charge in [0.25, 0.3) is 9.84 Å². The lowest BCUT2D eigenvalue weighted by atomic mass is 10.1. The topological polar surface area (TPSA) is 102 Å². The van der Waals surface area contributed by atoms with E-state index < -0.39 is 36.0 Å². The number of aromatic nitrogens is 1. The van der Waals surface area contributed by atoms with Crippen LogP contribution >= 0.6 is 15.9 Å². The highest BCUT2D eigenvalue weighted by Crippen LogP contribution is 2.44. The Balaban J connectivity index is 1.64. The van der Waals surface area contributed by atoms with Crippen LogP contribution in [0.5, 0.6) is 5.75 Å². The summed E-state index contributed by atoms with van der Waals surface area (Å²) in [6.45, 7) is 0.00973. The molecule has 4 aromatic rings. The Hall–Kier alpha value is -3.00. The van der Waals surface area contributed by atoms with Gasteiger partial charge in [-0.05, 0) is 69.0 Å². The number of nitrogens with one attached hydrogen (secondary N) is 1. The lowest BCUT2D eigenvalue weighted by Crippen LogP contribution is -2.24. The zero-order valence-electron chi connectivity index (χ0n) is 19.0. The molecule has 1 aromatic heterocycles. The first kappa shape index (κ1) is 27.0. The molecule has 0 atom stereocenters. The maximum absolute atomic E-state index is 13.3. The molecule has 0 aliphatic carbocycles. The van der Waals surface area contributed by atoms with Crippen molar-refractivity contribution in [2.24, 2.45) is 0 Å². The van der Waals surface area contributed by atoms with Crippen LogP contribution in [0.1, 0.15) is 5.56 Å². The van der Waals surface area contributed by atoms with Gasteiger partial charge in [-0.1, -0.05) is 30.3 Å². The summed E-state index contributed by atoms with van der Waals surface area (Å²) in [5.41, 5.74) is -3.71. The third-order valence-corrected chi connectivity index (χ3v) is 9.58. The Bertz CT molecular complexity index is 1690. The summed E-state index contributed by atoms with van der Waals surface area (Å²) in [7, 11) is -8.63. The van der Waals surface area contributed by atoms with E-state index in [0.717, 1.165) is 29.6 Å². The number of pyridine rings is 1. The maximum atomic E-state index is 13.3. The Morgan fingerprint density at radius 3 is 2.27 bits per heavy atom. The van der Waals surface area contributed by atoms with Crippen LogP contribution in [-0.2, 0) is 26.4 Å². The molecule has 0 radical (unpaired) electrons. The minimum atomic E-state index is -5.74. The molecule has 0 amide bonds. The van der Waals surface area contributed by atoms with Crippen molar-refractivity contribution in [3.8, 4) is 16.9 Å². The zero-order chi connectivity index (χ0) is 27.0. The summed E-state index contributed by atoms with van der Waals surface area (Å²) in [5.74, 6) is -0.486. The number of halogens is 4. The molecular weight excluding hydrogens is 597 g/mol. The predicted molar refractivity (Wildman–Crippen MR) is 135 cm³/mol. The van der Waals surface area contributed by atoms with Gasteiger partial charge in [0.1, 0.15) is 10.6 Å². The third-order valence-electron chi connectivity index (χ3n) is 5.52. The number of sulfone groups is 1. The number of rotatable bonds is 7. The minimum absolute atomic E-state index is 0.00973. The van der Waals surface area contributed by atoms with E-state index in [4.69, 9.17) is 4.74 Å². The zero-order valence-corrected chi connectivity index (χ0v) is 22.2. The molecule has 0 unspecified atom stereocenters. The molecule has 3 aromatic carbocycles. The third kappa shape index (κ3) is 5.21. The lowest BCUT2D eigenvalue weighted by Gasteiger charge is -2.16. The fraction of sp³-hybridized carbons (Fsp3) is 0.125. The van der Waals surface area contributed by atoms with E-state index >= 15 is 0 Å². The van der Waals surface area contributed by atoms with E-state index in [1.54, 1.807) is 12.3 Å². The summed E-state index contributed by atoms with van der Waals surface area (Å²) >= 11 is 2.97. The van der Waals surface area contributed by atoms with Crippen LogP contribution in [0.3, 0.4) is 0 Å². The van der Waals surface area contributed by atoms with E-state index in [1.165, 1.54) is 30.3 Å². The molecule has 7 nitrogen and oxygen atoms in total. The summed E-state index contributed by atoms with van der Waals surface area (Å²) in [4.78, 5) is 3.10. The van der Waals surface area contributed by atoms with Gasteiger partial charge in [-0.25, -0.2) is 21.6 Å². The van der Waals surface area contributed by atoms with Gasteiger partial charge in [0.2, 0.25) is 10.0 Å². The highest BCUT2D eigenvalue weighted by atomic mass is 79.9. The van der Waals surface area contributed by atoms with Crippen molar-refractivity contribution in [2.45, 2.75) is 21.8 Å². The smallest absolute Gasteiger partial charge is 0.495 e. The number of benzene rings is 3. The van der Waals surface area contributed by atoms with Crippen LogP contribution < -0.4 is 9.46 Å². The van der Waals surface area contributed by atoms with Gasteiger partial charge in [0, 0.05) is 22.6 Å². The van der Waals surface area contributed by atoms with E-state index in [1.807, 2.05) is 24.3 Å². The number of fused-ring (bicyclic) bond motifs is 1. The molecule has 0 saturated heterocycles. The average molecular weight is 615 g/mol. The van der Waals surface area contributed by atoms with E-state index in [-0.39, 0.29) is 27.0 Å². The molecule has 1 heterocycles. The Morgan fingerprint density at radius 2 is 1.62 bits per heavy atom. The number of sulfonamides is 1. The number of methoxy groups -OCH3 is 1. The van der Waals surface area contributed by atoms with Gasteiger partial charge in [0.15, 0.2) is 0 Å². The van der Waals surface area contributed by atoms with Gasteiger partial charge in [0.05, 0.1) is 17.5 Å². The number of nitrogens with zero attached hydrogens (tertiary/aromatic N) is 1. The molecule has 0 saturated carbocycles. The predicted octanol–water partition coefficient (Wildman–Crippen LogP) is 5.44. The summed E-state index contributed by atoms with van der Waals surface area (Å²) in [6, 6.07) is 16.8. The molecule has 4 rings (SSSR count). The number of hydrogen-bond acceptors (Lipinski definition) is 6. The van der Waals surface area contributed by atoms with Gasteiger partial charge >= 0.3 is 5.51 Å². The van der Waals surface area contributed by atoms with Crippen LogP contribution in [-0.4, -0.2) is 34.4 Å². The number of alkyl halides is 3. The molecule has 13 heteroatoms. The normalized spacial score (nSPS) is 12.6. The summed E-state index contributed by atoms with van der Waals surface area (Å²) < 4.78 is 96.9. The fourth-order valence-corrected chi connectivity index (χ4v) is 6.86. The van der Waals surface area contributed by atoms with Crippen LogP contribution in [0.2, 0.25) is 0 Å². The molecule has 0 aliphatic rings. The Morgan fingerprint density at radius 1 is 0.946 bits per heavy atom. The van der Waals surface area contributed by atoms with Crippen LogP contribution in [0.15, 0.2) is 87.2 Å². The van der Waals surface area contributed by atoms with Gasteiger partial charge < -0.3 is 4.74 Å². The van der Waals surface area contributed by atoms with Crippen LogP contribution in [0, 0.1) is 0 Å². The number of para-hydroxylation sites is 1. The van der Waals surface area contributed by atoms with Crippen molar-refractivity contribution in [1.29, 1.82) is 0 Å². The molecule has 1 N–H and O–H groups in total. The van der Waals surface area contributed by atoms with Crippen molar-refractivity contribution in [2.75, 3.05) is 7.11 Å². The maximum Gasteiger partial charge on any atom is 0.502 e. The van der Waals surface area contributed by atoms with Gasteiger partial charge in [-0.3, -0.25) is 4.98 Å². The summed E-state index contributed by atoms with van der Waals surface area (Å²) in [5, 5.41) is 0.803. The van der Waals surface area contributed by atoms with Crippen molar-refractivity contribution in [3.05, 3.63) is 83.0 Å². The second-order valence-corrected chi connectivity index (χ2v) is 12.2. The van der Waals surface area contributed by atoms with E-state index in [0.29, 0.717) is 0 Å². The standard InChI is InChI=1S/C24H18BrF3N2O5S2/c1-35-21-11-10-19(22(25)23(21)36(31,32)24(26,27)28)15-6-8-17(9-7-15)37(33,34)30-14-16-12-13-29-20-5-3-2-4-18(16)20/h2-13,30H,14H2,1H3. The molecule has 0 bridgehead atoms. The number of ether oxygens (including phenoxy) is 1. The molecule has 0 aliphatic heterocycles. The lowest BCUT2D eigenvalue weighted by molar-refractivity contribution is -0.0437. The monoisotopic (exact) mass is 614 g/mol. The van der Waals surface area contributed by atoms with Gasteiger partial charge in [-0.15, -0.1) is 0 Å². The molecule has 194 valence electrons. The van der Waals surface area contributed by atoms with Crippen LogP contribution in [0.4, 0.5) is 13.2 Å². The Labute approximate surface area is 219 Å². The van der Waals surface area contributed by atoms with Crippen molar-refractivity contribution in [1.82, 2.24) is 9.71 Å². The highest BCUT2D eigenvalue weighted by Gasteiger charge is 2.49. The Kier molecular flexibility index (Phi) is 7.34. The minimum Gasteiger partial charge on any atom is -0.495 e. The second kappa shape index (κ2) is 10.0. The number of hydrogen-bond donors (Lipinski definition) is 1. The molecular formula is C24H18BrF3N2O5S2. The van der Waals surface area contributed by atoms with Crippen LogP contribution in [0.25, 0.3) is 22.0 Å². The van der Waals surface area contributed by atoms with E-state index in [2.05, 4.69) is 25.6 Å². The SMILES string of the molecule is COc1ccc(-c2ccc(S(=O)(=O)NCc3ccnc4ccccc34)cc2)c(Br)c1S(=O)(=O)C(F)(F)F. The van der Waals surface area contributed by atoms with Crippen molar-refractivity contribution < 1.29 is 34.7 Å². The molecule has 0 spiro atoms. The second-order valence-electron chi connectivity index (χ2n) is 7.74. The first-order chi connectivity index (χ1) is 17.4. The first-order valence-corrected chi connectivity index (χ1v) is 14.2. The summed E-state index contributed by atoms with van der Waals surface area (Å²) in [6.07, 6.45) is 1.58. The molecule has 37 heavy (non-hydrogen) atoms. The van der Waals surface area contributed by atoms with Gasteiger partial charge in [-0.2, -0.15) is 13.2 Å². The first-order valence-electron chi connectivity index (χ1n) is 10.5. The van der Waals surface area contributed by atoms with E-state index in [9.17, 15) is 30.0 Å². The largest absolute Gasteiger partial charge is 0.502 e. The van der Waals surface area contributed by atoms with Crippen molar-refractivity contribution in [3.63, 3.8) is 0 Å². The molecule has 0 fully saturated rings. The highest BCUT2D eigenvalue weighted by molar-refractivity contribution is 9.10. The fourth-order valence-electron chi connectivity index (χ4n) is 3.67. The van der Waals surface area contributed by atoms with Crippen molar-refractivity contribution >= 4 is 46.7 Å². The quantitative estimate of drug-likeness (QED) is 0.297. The average Bonchev–Trinajstić information content (AvgIpc) is 2.86.